The van der Waals surface area contributed by atoms with Gasteiger partial charge in [-0.3, -0.25) is 9.59 Å². The van der Waals surface area contributed by atoms with Gasteiger partial charge in [0.1, 0.15) is 0 Å². The van der Waals surface area contributed by atoms with Crippen LogP contribution in [0.2, 0.25) is 0 Å². The summed E-state index contributed by atoms with van der Waals surface area (Å²) in [5.41, 5.74) is 10.4. The van der Waals surface area contributed by atoms with Crippen LogP contribution in [0.3, 0.4) is 0 Å². The molecule has 242 valence electrons. The first-order valence-corrected chi connectivity index (χ1v) is 16.3. The van der Waals surface area contributed by atoms with Crippen LogP contribution in [-0.4, -0.2) is 49.0 Å². The molecule has 1 aromatic heterocycles. The third-order valence-electron chi connectivity index (χ3n) is 7.60. The van der Waals surface area contributed by atoms with E-state index < -0.39 is 6.29 Å². The van der Waals surface area contributed by atoms with Gasteiger partial charge in [0.05, 0.1) is 30.2 Å². The fourth-order valence-corrected chi connectivity index (χ4v) is 5.92. The molecule has 1 saturated heterocycles. The number of aliphatic hydroxyl groups excluding tert-OH is 1. The van der Waals surface area contributed by atoms with Gasteiger partial charge in [-0.1, -0.05) is 66.7 Å². The standard InChI is InChI=1S/C33H39N7O5S/c1-40-33(37-38-39-40)46-21-26-19-29(23-13-11-22(20-41)12-14-23)45-32(44-26)24-15-17-25(18-16-24)35-30(42)9-3-2-4-10-31(43)36-28-8-6-5-7-27(28)34/h5-8,11-18,26,29,32,41H,2-4,9-10,19-21,34H2,1H3,(H,35,42)(H,36,43)/t26-,29+,32+/m1/s1. The average molecular weight is 646 g/mol. The maximum Gasteiger partial charge on any atom is 0.224 e. The number of thioether (sulfide) groups is 1. The average Bonchev–Trinajstić information content (AvgIpc) is 3.49. The number of rotatable bonds is 14. The van der Waals surface area contributed by atoms with Crippen molar-refractivity contribution in [1.82, 2.24) is 20.2 Å². The number of carbonyl (C=O) groups excluding carboxylic acids is 2. The number of benzene rings is 3. The molecule has 1 aliphatic heterocycles. The van der Waals surface area contributed by atoms with E-state index in [1.54, 1.807) is 23.9 Å². The van der Waals surface area contributed by atoms with Gasteiger partial charge in [0.15, 0.2) is 6.29 Å². The molecule has 0 radical (unpaired) electrons. The van der Waals surface area contributed by atoms with Crippen molar-refractivity contribution in [2.24, 2.45) is 7.05 Å². The highest BCUT2D eigenvalue weighted by Crippen LogP contribution is 2.39. The van der Waals surface area contributed by atoms with Crippen LogP contribution in [0.25, 0.3) is 0 Å². The lowest BCUT2D eigenvalue weighted by Crippen LogP contribution is -2.31. The Bertz CT molecular complexity index is 1580. The number of para-hydroxylation sites is 2. The van der Waals surface area contributed by atoms with Gasteiger partial charge in [-0.2, -0.15) is 0 Å². The van der Waals surface area contributed by atoms with E-state index in [9.17, 15) is 14.7 Å². The second-order valence-electron chi connectivity index (χ2n) is 11.1. The molecule has 12 nitrogen and oxygen atoms in total. The van der Waals surface area contributed by atoms with Crippen molar-refractivity contribution in [3.63, 3.8) is 0 Å². The molecule has 5 N–H and O–H groups in total. The van der Waals surface area contributed by atoms with Gasteiger partial charge in [0, 0.05) is 43.3 Å². The Hall–Kier alpha value is -4.30. The van der Waals surface area contributed by atoms with Crippen molar-refractivity contribution in [1.29, 1.82) is 0 Å². The largest absolute Gasteiger partial charge is 0.397 e. The lowest BCUT2D eigenvalue weighted by atomic mass is 10.0. The van der Waals surface area contributed by atoms with Crippen molar-refractivity contribution in [2.45, 2.75) is 68.8 Å². The highest BCUT2D eigenvalue weighted by atomic mass is 32.2. The Balaban J connectivity index is 1.11. The van der Waals surface area contributed by atoms with Crippen LogP contribution in [0, 0.1) is 0 Å². The van der Waals surface area contributed by atoms with Gasteiger partial charge >= 0.3 is 0 Å². The molecule has 1 fully saturated rings. The maximum absolute atomic E-state index is 12.6. The summed E-state index contributed by atoms with van der Waals surface area (Å²) in [4.78, 5) is 24.8. The number of nitrogen functional groups attached to an aromatic ring is 1. The number of nitrogens with two attached hydrogens (primary N) is 1. The number of carbonyl (C=O) groups is 2. The number of amides is 2. The molecule has 1 aliphatic rings. The highest BCUT2D eigenvalue weighted by molar-refractivity contribution is 7.99. The quantitative estimate of drug-likeness (QED) is 0.0818. The summed E-state index contributed by atoms with van der Waals surface area (Å²) >= 11 is 1.52. The minimum absolute atomic E-state index is 0.0183. The van der Waals surface area contributed by atoms with E-state index >= 15 is 0 Å². The summed E-state index contributed by atoms with van der Waals surface area (Å²) in [6, 6.07) is 22.4. The van der Waals surface area contributed by atoms with E-state index in [0.29, 0.717) is 60.1 Å². The van der Waals surface area contributed by atoms with Crippen molar-refractivity contribution in [3.05, 3.63) is 89.5 Å². The number of unbranched alkanes of at least 4 members (excludes halogenated alkanes) is 2. The van der Waals surface area contributed by atoms with Crippen LogP contribution < -0.4 is 16.4 Å². The molecule has 0 spiro atoms. The Morgan fingerprint density at radius 1 is 0.935 bits per heavy atom. The first kappa shape index (κ1) is 33.1. The zero-order chi connectivity index (χ0) is 32.3. The zero-order valence-electron chi connectivity index (χ0n) is 25.7. The number of anilines is 3. The molecule has 2 amide bonds. The lowest BCUT2D eigenvalue weighted by Gasteiger charge is -2.36. The van der Waals surface area contributed by atoms with Gasteiger partial charge in [-0.15, -0.1) is 5.10 Å². The smallest absolute Gasteiger partial charge is 0.224 e. The molecule has 0 bridgehead atoms. The van der Waals surface area contributed by atoms with Gasteiger partial charge < -0.3 is 30.9 Å². The van der Waals surface area contributed by atoms with Crippen LogP contribution >= 0.6 is 11.8 Å². The predicted molar refractivity (Wildman–Crippen MR) is 176 cm³/mol. The summed E-state index contributed by atoms with van der Waals surface area (Å²) < 4.78 is 14.4. The van der Waals surface area contributed by atoms with E-state index in [2.05, 4.69) is 26.2 Å². The van der Waals surface area contributed by atoms with Crippen LogP contribution in [0.4, 0.5) is 17.1 Å². The van der Waals surface area contributed by atoms with Gasteiger partial charge in [-0.05, 0) is 58.7 Å². The number of aromatic nitrogens is 4. The maximum atomic E-state index is 12.6. The Labute approximate surface area is 272 Å². The van der Waals surface area contributed by atoms with E-state index in [1.165, 1.54) is 11.8 Å². The molecule has 3 atom stereocenters. The molecular weight excluding hydrogens is 606 g/mol. The minimum atomic E-state index is -0.611. The zero-order valence-corrected chi connectivity index (χ0v) is 26.5. The normalized spacial score (nSPS) is 17.8. The number of aliphatic hydroxyl groups is 1. The topological polar surface area (TPSA) is 167 Å². The minimum Gasteiger partial charge on any atom is -0.397 e. The summed E-state index contributed by atoms with van der Waals surface area (Å²) in [6.45, 7) is -0.0183. The SMILES string of the molecule is Cn1nnnc1SC[C@H]1C[C@@H](c2ccc(CO)cc2)O[C@@H](c2ccc(NC(=O)CCCCCC(=O)Nc3ccccc3N)cc2)O1. The number of ether oxygens (including phenoxy) is 2. The summed E-state index contributed by atoms with van der Waals surface area (Å²) in [5, 5.41) is 27.6. The molecule has 46 heavy (non-hydrogen) atoms. The van der Waals surface area contributed by atoms with E-state index in [4.69, 9.17) is 15.2 Å². The van der Waals surface area contributed by atoms with Crippen molar-refractivity contribution >= 4 is 40.6 Å². The second kappa shape index (κ2) is 16.3. The number of hydrogen-bond donors (Lipinski definition) is 4. The number of nitrogens with zero attached hydrogens (tertiary/aromatic N) is 4. The number of nitrogens with one attached hydrogen (secondary N) is 2. The van der Waals surface area contributed by atoms with Gasteiger partial charge in [0.25, 0.3) is 0 Å². The second-order valence-corrected chi connectivity index (χ2v) is 12.1. The summed E-state index contributed by atoms with van der Waals surface area (Å²) in [5.74, 6) is 0.466. The number of hydrogen-bond acceptors (Lipinski definition) is 10. The van der Waals surface area contributed by atoms with Crippen molar-refractivity contribution < 1.29 is 24.2 Å². The third kappa shape index (κ3) is 9.36. The Morgan fingerprint density at radius 2 is 1.63 bits per heavy atom. The summed E-state index contributed by atoms with van der Waals surface area (Å²) in [7, 11) is 1.80. The van der Waals surface area contributed by atoms with Gasteiger partial charge in [-0.25, -0.2) is 4.68 Å². The molecule has 2 heterocycles. The van der Waals surface area contributed by atoms with E-state index in [1.807, 2.05) is 60.7 Å². The lowest BCUT2D eigenvalue weighted by molar-refractivity contribution is -0.245. The number of aryl methyl sites for hydroxylation is 1. The molecule has 0 unspecified atom stereocenters. The van der Waals surface area contributed by atoms with Crippen molar-refractivity contribution in [2.75, 3.05) is 22.1 Å². The summed E-state index contributed by atoms with van der Waals surface area (Å²) in [6.07, 6.45) is 2.55. The molecule has 0 aliphatic carbocycles. The fraction of sp³-hybridized carbons (Fsp3) is 0.364. The Morgan fingerprint density at radius 3 is 2.30 bits per heavy atom. The van der Waals surface area contributed by atoms with Crippen LogP contribution in [-0.2, 0) is 32.7 Å². The number of tetrazole rings is 1. The molecular formula is C33H39N7O5S. The monoisotopic (exact) mass is 645 g/mol. The van der Waals surface area contributed by atoms with Crippen molar-refractivity contribution in [3.8, 4) is 0 Å². The predicted octanol–water partition coefficient (Wildman–Crippen LogP) is 5.15. The first-order chi connectivity index (χ1) is 22.4. The molecule has 3 aromatic carbocycles. The molecule has 5 rings (SSSR count). The molecule has 13 heteroatoms. The molecule has 0 saturated carbocycles. The highest BCUT2D eigenvalue weighted by Gasteiger charge is 2.32. The van der Waals surface area contributed by atoms with Crippen LogP contribution in [0.5, 0.6) is 0 Å². The van der Waals surface area contributed by atoms with E-state index in [-0.39, 0.29) is 30.6 Å². The van der Waals surface area contributed by atoms with Crippen LogP contribution in [0.15, 0.2) is 78.0 Å². The third-order valence-corrected chi connectivity index (χ3v) is 8.75. The Kier molecular flexibility index (Phi) is 11.7. The fourth-order valence-electron chi connectivity index (χ4n) is 5.05. The van der Waals surface area contributed by atoms with Crippen LogP contribution in [0.1, 0.15) is 67.6 Å². The molecule has 4 aromatic rings. The van der Waals surface area contributed by atoms with E-state index in [0.717, 1.165) is 23.1 Å². The van der Waals surface area contributed by atoms with Gasteiger partial charge in [0.2, 0.25) is 17.0 Å². The first-order valence-electron chi connectivity index (χ1n) is 15.3.